The van der Waals surface area contributed by atoms with Gasteiger partial charge in [0.25, 0.3) is 0 Å². The van der Waals surface area contributed by atoms with E-state index in [1.165, 1.54) is 4.52 Å². The molecule has 2 rings (SSSR count). The Morgan fingerprint density at radius 1 is 1.54 bits per heavy atom. The second-order valence-electron chi connectivity index (χ2n) is 2.82. The van der Waals surface area contributed by atoms with Gasteiger partial charge in [-0.1, -0.05) is 30.2 Å². The number of aryl methyl sites for hydroxylation is 1. The fraction of sp³-hybridized carbons (Fsp3) is 0.375. The van der Waals surface area contributed by atoms with Gasteiger partial charge in [-0.2, -0.15) is 4.52 Å². The van der Waals surface area contributed by atoms with Crippen molar-refractivity contribution in [2.24, 2.45) is 0 Å². The average Bonchev–Trinajstić information content (AvgIpc) is 2.53. The number of halogens is 1. The molecule has 0 saturated carbocycles. The van der Waals surface area contributed by atoms with E-state index in [-0.39, 0.29) is 0 Å². The van der Waals surface area contributed by atoms with Crippen LogP contribution in [0.4, 0.5) is 0 Å². The minimum atomic E-state index is 0.561. The van der Waals surface area contributed by atoms with Crippen molar-refractivity contribution in [2.75, 3.05) is 0 Å². The number of hydrogen-bond donors (Lipinski definition) is 0. The van der Waals surface area contributed by atoms with Gasteiger partial charge in [0.15, 0.2) is 5.65 Å². The first kappa shape index (κ1) is 8.44. The number of nitrogens with zero attached hydrogens (tertiary/aromatic N) is 4. The molecule has 68 valence electrons. The molecule has 2 heterocycles. The van der Waals surface area contributed by atoms with E-state index < -0.39 is 0 Å². The number of fused-ring (bicyclic) bond motifs is 1. The van der Waals surface area contributed by atoms with Crippen LogP contribution in [-0.2, 0) is 6.42 Å². The molecule has 2 aromatic heterocycles. The van der Waals surface area contributed by atoms with Crippen molar-refractivity contribution in [3.8, 4) is 0 Å². The predicted octanol–water partition coefficient (Wildman–Crippen LogP) is 1.73. The van der Waals surface area contributed by atoms with Crippen LogP contribution in [0.2, 0.25) is 5.15 Å². The number of aromatic nitrogens is 4. The Morgan fingerprint density at radius 2 is 2.38 bits per heavy atom. The summed E-state index contributed by atoms with van der Waals surface area (Å²) >= 11 is 5.96. The predicted molar refractivity (Wildman–Crippen MR) is 49.8 cm³/mol. The van der Waals surface area contributed by atoms with Gasteiger partial charge in [-0.05, 0) is 12.5 Å². The molecule has 13 heavy (non-hydrogen) atoms. The molecule has 0 fully saturated rings. The summed E-state index contributed by atoms with van der Waals surface area (Å²) in [6.07, 6.45) is 3.59. The SMILES string of the molecule is CCCc1cc(Cl)n2nncc2n1. The quantitative estimate of drug-likeness (QED) is 0.687. The molecule has 0 aliphatic rings. The first-order valence-electron chi connectivity index (χ1n) is 4.17. The zero-order valence-corrected chi connectivity index (χ0v) is 7.99. The Labute approximate surface area is 80.5 Å². The lowest BCUT2D eigenvalue weighted by Gasteiger charge is -1.99. The van der Waals surface area contributed by atoms with Crippen LogP contribution >= 0.6 is 11.6 Å². The molecule has 2 aromatic rings. The van der Waals surface area contributed by atoms with Gasteiger partial charge in [-0.3, -0.25) is 0 Å². The molecule has 0 N–H and O–H groups in total. The van der Waals surface area contributed by atoms with Gasteiger partial charge >= 0.3 is 0 Å². The molecule has 0 aliphatic heterocycles. The topological polar surface area (TPSA) is 43.1 Å². The number of rotatable bonds is 2. The van der Waals surface area contributed by atoms with E-state index in [2.05, 4.69) is 22.2 Å². The minimum absolute atomic E-state index is 0.561. The number of hydrogen-bond acceptors (Lipinski definition) is 3. The standard InChI is InChI=1S/C8H9ClN4/c1-2-3-6-4-7(9)13-8(11-6)5-10-12-13/h4-5H,2-3H2,1H3. The van der Waals surface area contributed by atoms with Crippen molar-refractivity contribution in [3.63, 3.8) is 0 Å². The highest BCUT2D eigenvalue weighted by Gasteiger charge is 2.03. The molecule has 0 bridgehead atoms. The van der Waals surface area contributed by atoms with E-state index in [0.717, 1.165) is 18.5 Å². The molecular formula is C8H9ClN4. The maximum atomic E-state index is 5.96. The van der Waals surface area contributed by atoms with Gasteiger partial charge in [-0.25, -0.2) is 4.98 Å². The van der Waals surface area contributed by atoms with Gasteiger partial charge in [-0.15, -0.1) is 5.10 Å². The molecule has 0 atom stereocenters. The molecular weight excluding hydrogens is 188 g/mol. The molecule has 0 aliphatic carbocycles. The Kier molecular flexibility index (Phi) is 2.14. The zero-order valence-electron chi connectivity index (χ0n) is 7.24. The van der Waals surface area contributed by atoms with Crippen LogP contribution in [0, 0.1) is 0 Å². The fourth-order valence-corrected chi connectivity index (χ4v) is 1.47. The smallest absolute Gasteiger partial charge is 0.177 e. The summed E-state index contributed by atoms with van der Waals surface area (Å²) in [7, 11) is 0. The second-order valence-corrected chi connectivity index (χ2v) is 3.21. The normalized spacial score (nSPS) is 10.9. The van der Waals surface area contributed by atoms with E-state index in [1.807, 2.05) is 6.07 Å². The second kappa shape index (κ2) is 3.30. The molecule has 4 nitrogen and oxygen atoms in total. The van der Waals surface area contributed by atoms with Crippen LogP contribution in [0.25, 0.3) is 5.65 Å². The Hall–Kier alpha value is -1.16. The molecule has 0 spiro atoms. The van der Waals surface area contributed by atoms with Crippen LogP contribution in [0.1, 0.15) is 19.0 Å². The zero-order chi connectivity index (χ0) is 9.26. The van der Waals surface area contributed by atoms with E-state index >= 15 is 0 Å². The summed E-state index contributed by atoms with van der Waals surface area (Å²) in [5.41, 5.74) is 1.69. The summed E-state index contributed by atoms with van der Waals surface area (Å²) in [5, 5.41) is 8.08. The summed E-state index contributed by atoms with van der Waals surface area (Å²) in [4.78, 5) is 4.34. The van der Waals surface area contributed by atoms with Crippen molar-refractivity contribution in [3.05, 3.63) is 23.1 Å². The lowest BCUT2D eigenvalue weighted by Crippen LogP contribution is -1.96. The fourth-order valence-electron chi connectivity index (χ4n) is 1.22. The van der Waals surface area contributed by atoms with Crippen LogP contribution in [-0.4, -0.2) is 19.8 Å². The maximum absolute atomic E-state index is 5.96. The highest BCUT2D eigenvalue weighted by molar-refractivity contribution is 6.29. The van der Waals surface area contributed by atoms with Crippen LogP contribution in [0.5, 0.6) is 0 Å². The van der Waals surface area contributed by atoms with E-state index in [9.17, 15) is 0 Å². The Balaban J connectivity index is 2.56. The molecule has 0 saturated heterocycles. The minimum Gasteiger partial charge on any atom is -0.232 e. The van der Waals surface area contributed by atoms with Crippen molar-refractivity contribution in [1.82, 2.24) is 19.8 Å². The van der Waals surface area contributed by atoms with Crippen LogP contribution < -0.4 is 0 Å². The average molecular weight is 197 g/mol. The van der Waals surface area contributed by atoms with Crippen molar-refractivity contribution >= 4 is 17.2 Å². The summed E-state index contributed by atoms with van der Waals surface area (Å²) in [6.45, 7) is 2.11. The van der Waals surface area contributed by atoms with Crippen molar-refractivity contribution in [1.29, 1.82) is 0 Å². The largest absolute Gasteiger partial charge is 0.232 e. The van der Waals surface area contributed by atoms with Gasteiger partial charge in [0, 0.05) is 5.69 Å². The Bertz CT molecular complexity index is 423. The highest BCUT2D eigenvalue weighted by atomic mass is 35.5. The van der Waals surface area contributed by atoms with Gasteiger partial charge in [0.05, 0.1) is 6.20 Å². The first-order valence-corrected chi connectivity index (χ1v) is 4.55. The lowest BCUT2D eigenvalue weighted by atomic mass is 10.2. The highest BCUT2D eigenvalue weighted by Crippen LogP contribution is 2.12. The summed E-state index contributed by atoms with van der Waals surface area (Å²) < 4.78 is 1.51. The van der Waals surface area contributed by atoms with E-state index in [0.29, 0.717) is 10.8 Å². The van der Waals surface area contributed by atoms with Gasteiger partial charge in [0.2, 0.25) is 0 Å². The summed E-state index contributed by atoms with van der Waals surface area (Å²) in [6, 6.07) is 1.83. The van der Waals surface area contributed by atoms with Crippen LogP contribution in [0.3, 0.4) is 0 Å². The third-order valence-electron chi connectivity index (χ3n) is 1.78. The van der Waals surface area contributed by atoms with Crippen molar-refractivity contribution in [2.45, 2.75) is 19.8 Å². The van der Waals surface area contributed by atoms with Crippen LogP contribution in [0.15, 0.2) is 12.3 Å². The monoisotopic (exact) mass is 196 g/mol. The Morgan fingerprint density at radius 3 is 3.15 bits per heavy atom. The molecule has 5 heteroatoms. The maximum Gasteiger partial charge on any atom is 0.177 e. The van der Waals surface area contributed by atoms with Crippen molar-refractivity contribution < 1.29 is 0 Å². The first-order chi connectivity index (χ1) is 6.31. The third kappa shape index (κ3) is 1.49. The summed E-state index contributed by atoms with van der Waals surface area (Å²) in [5.74, 6) is 0. The molecule has 0 radical (unpaired) electrons. The van der Waals surface area contributed by atoms with Gasteiger partial charge in [0.1, 0.15) is 5.15 Å². The molecule has 0 amide bonds. The molecule has 0 aromatic carbocycles. The van der Waals surface area contributed by atoms with E-state index in [4.69, 9.17) is 11.6 Å². The third-order valence-corrected chi connectivity index (χ3v) is 2.05. The van der Waals surface area contributed by atoms with Gasteiger partial charge < -0.3 is 0 Å². The molecule has 0 unspecified atom stereocenters. The lowest BCUT2D eigenvalue weighted by molar-refractivity contribution is 0.825. The van der Waals surface area contributed by atoms with E-state index in [1.54, 1.807) is 6.20 Å².